The molecule has 0 saturated carbocycles. The number of nitrogens with two attached hydrogens (primary N) is 1. The number of unbranched alkanes of at least 4 members (excludes halogenated alkanes) is 1. The number of carbonyl (C=O) groups is 1. The Labute approximate surface area is 102 Å². The number of ether oxygens (including phenoxy) is 1. The Morgan fingerprint density at radius 3 is 2.82 bits per heavy atom. The molecule has 1 aromatic carbocycles. The molecule has 0 aliphatic carbocycles. The van der Waals surface area contributed by atoms with Crippen molar-refractivity contribution in [3.05, 3.63) is 29.8 Å². The number of rotatable bonds is 7. The second-order valence-electron chi connectivity index (χ2n) is 3.83. The van der Waals surface area contributed by atoms with Crippen LogP contribution in [0.5, 0.6) is 5.75 Å². The molecule has 0 saturated heterocycles. The van der Waals surface area contributed by atoms with Crippen LogP contribution in [0, 0.1) is 0 Å². The Kier molecular flexibility index (Phi) is 6.10. The van der Waals surface area contributed by atoms with Gasteiger partial charge in [0.2, 0.25) is 5.91 Å². The zero-order chi connectivity index (χ0) is 12.5. The molecule has 1 rings (SSSR count). The molecule has 0 fully saturated rings. The molecular formula is C13H20N2O2. The highest BCUT2D eigenvalue weighted by Crippen LogP contribution is 2.18. The van der Waals surface area contributed by atoms with Crippen molar-refractivity contribution in [3.63, 3.8) is 0 Å². The van der Waals surface area contributed by atoms with Gasteiger partial charge in [-0.15, -0.1) is 0 Å². The molecular weight excluding hydrogens is 216 g/mol. The van der Waals surface area contributed by atoms with Crippen molar-refractivity contribution in [3.8, 4) is 5.75 Å². The van der Waals surface area contributed by atoms with Crippen molar-refractivity contribution in [2.75, 3.05) is 6.61 Å². The lowest BCUT2D eigenvalue weighted by molar-refractivity contribution is -0.121. The zero-order valence-electron chi connectivity index (χ0n) is 10.2. The highest BCUT2D eigenvalue weighted by Gasteiger charge is 2.01. The van der Waals surface area contributed by atoms with E-state index in [0.717, 1.165) is 25.0 Å². The third-order valence-corrected chi connectivity index (χ3v) is 2.57. The standard InChI is InChI=1S/C13H20N2O2/c1-2-11-7-3-4-8-12(11)17-10-6-5-9-13(16)15-14/h3-4,7-8H,2,5-6,9-10,14H2,1H3,(H,15,16). The van der Waals surface area contributed by atoms with Gasteiger partial charge in [-0.2, -0.15) is 0 Å². The highest BCUT2D eigenvalue weighted by atomic mass is 16.5. The van der Waals surface area contributed by atoms with E-state index in [2.05, 4.69) is 18.4 Å². The van der Waals surface area contributed by atoms with Crippen LogP contribution in [0.4, 0.5) is 0 Å². The van der Waals surface area contributed by atoms with Gasteiger partial charge >= 0.3 is 0 Å². The van der Waals surface area contributed by atoms with Crippen molar-refractivity contribution in [1.82, 2.24) is 5.43 Å². The van der Waals surface area contributed by atoms with Crippen LogP contribution in [-0.4, -0.2) is 12.5 Å². The monoisotopic (exact) mass is 236 g/mol. The van der Waals surface area contributed by atoms with Gasteiger partial charge in [-0.1, -0.05) is 25.1 Å². The lowest BCUT2D eigenvalue weighted by Gasteiger charge is -2.09. The molecule has 4 heteroatoms. The zero-order valence-corrected chi connectivity index (χ0v) is 10.2. The van der Waals surface area contributed by atoms with Crippen LogP contribution in [0.3, 0.4) is 0 Å². The maximum Gasteiger partial charge on any atom is 0.233 e. The Morgan fingerprint density at radius 1 is 1.35 bits per heavy atom. The van der Waals surface area contributed by atoms with Crippen LogP contribution in [0.25, 0.3) is 0 Å². The second kappa shape index (κ2) is 7.68. The number of hydrogen-bond donors (Lipinski definition) is 2. The first-order valence-electron chi connectivity index (χ1n) is 5.98. The molecule has 0 aliphatic heterocycles. The van der Waals surface area contributed by atoms with E-state index in [9.17, 15) is 4.79 Å². The third-order valence-electron chi connectivity index (χ3n) is 2.57. The molecule has 4 nitrogen and oxygen atoms in total. The molecule has 0 spiro atoms. The maximum absolute atomic E-state index is 10.9. The van der Waals surface area contributed by atoms with Crippen LogP contribution in [0.2, 0.25) is 0 Å². The SMILES string of the molecule is CCc1ccccc1OCCCCC(=O)NN. The summed E-state index contributed by atoms with van der Waals surface area (Å²) in [6.07, 6.45) is 3.06. The topological polar surface area (TPSA) is 64.3 Å². The van der Waals surface area contributed by atoms with Gasteiger partial charge in [0.25, 0.3) is 0 Å². The van der Waals surface area contributed by atoms with Gasteiger partial charge in [0, 0.05) is 6.42 Å². The predicted octanol–water partition coefficient (Wildman–Crippen LogP) is 1.79. The van der Waals surface area contributed by atoms with Gasteiger partial charge in [-0.25, -0.2) is 5.84 Å². The summed E-state index contributed by atoms with van der Waals surface area (Å²) in [4.78, 5) is 10.9. The molecule has 0 heterocycles. The second-order valence-corrected chi connectivity index (χ2v) is 3.83. The number of benzene rings is 1. The van der Waals surface area contributed by atoms with E-state index in [1.54, 1.807) is 0 Å². The summed E-state index contributed by atoms with van der Waals surface area (Å²) in [5, 5.41) is 0. The van der Waals surface area contributed by atoms with Crippen LogP contribution in [0.15, 0.2) is 24.3 Å². The summed E-state index contributed by atoms with van der Waals surface area (Å²) in [6.45, 7) is 2.74. The van der Waals surface area contributed by atoms with Gasteiger partial charge < -0.3 is 4.74 Å². The molecule has 0 aliphatic rings. The molecule has 94 valence electrons. The van der Waals surface area contributed by atoms with Crippen molar-refractivity contribution in [2.45, 2.75) is 32.6 Å². The van der Waals surface area contributed by atoms with Gasteiger partial charge in [-0.3, -0.25) is 10.2 Å². The number of amides is 1. The molecule has 0 bridgehead atoms. The first-order valence-corrected chi connectivity index (χ1v) is 5.98. The van der Waals surface area contributed by atoms with Gasteiger partial charge in [-0.05, 0) is 30.9 Å². The number of aryl methyl sites for hydroxylation is 1. The van der Waals surface area contributed by atoms with Crippen molar-refractivity contribution < 1.29 is 9.53 Å². The molecule has 1 aromatic rings. The molecule has 0 aromatic heterocycles. The normalized spacial score (nSPS) is 10.0. The van der Waals surface area contributed by atoms with Crippen LogP contribution in [0.1, 0.15) is 31.7 Å². The van der Waals surface area contributed by atoms with Gasteiger partial charge in [0.05, 0.1) is 6.61 Å². The summed E-state index contributed by atoms with van der Waals surface area (Å²) in [7, 11) is 0. The van der Waals surface area contributed by atoms with E-state index >= 15 is 0 Å². The van der Waals surface area contributed by atoms with Crippen LogP contribution < -0.4 is 16.0 Å². The summed E-state index contributed by atoms with van der Waals surface area (Å²) < 4.78 is 5.68. The smallest absolute Gasteiger partial charge is 0.233 e. The summed E-state index contributed by atoms with van der Waals surface area (Å²) in [5.41, 5.74) is 3.33. The summed E-state index contributed by atoms with van der Waals surface area (Å²) in [5.74, 6) is 5.80. The Balaban J connectivity index is 2.24. The molecule has 0 atom stereocenters. The van der Waals surface area contributed by atoms with Crippen molar-refractivity contribution in [2.24, 2.45) is 5.84 Å². The van der Waals surface area contributed by atoms with Crippen molar-refractivity contribution in [1.29, 1.82) is 0 Å². The Morgan fingerprint density at radius 2 is 2.12 bits per heavy atom. The molecule has 0 unspecified atom stereocenters. The largest absolute Gasteiger partial charge is 0.493 e. The number of para-hydroxylation sites is 1. The van der Waals surface area contributed by atoms with E-state index in [1.807, 2.05) is 18.2 Å². The fraction of sp³-hybridized carbons (Fsp3) is 0.462. The first kappa shape index (κ1) is 13.5. The van der Waals surface area contributed by atoms with Crippen LogP contribution in [-0.2, 0) is 11.2 Å². The minimum absolute atomic E-state index is 0.126. The van der Waals surface area contributed by atoms with E-state index < -0.39 is 0 Å². The first-order chi connectivity index (χ1) is 8.27. The molecule has 3 N–H and O–H groups in total. The highest BCUT2D eigenvalue weighted by molar-refractivity contribution is 5.75. The van der Waals surface area contributed by atoms with Crippen molar-refractivity contribution >= 4 is 5.91 Å². The lowest BCUT2D eigenvalue weighted by atomic mass is 10.1. The molecule has 17 heavy (non-hydrogen) atoms. The minimum Gasteiger partial charge on any atom is -0.493 e. The Bertz CT molecular complexity index is 353. The Hall–Kier alpha value is -1.55. The lowest BCUT2D eigenvalue weighted by Crippen LogP contribution is -2.29. The minimum atomic E-state index is -0.126. The average molecular weight is 236 g/mol. The fourth-order valence-electron chi connectivity index (χ4n) is 1.58. The van der Waals surface area contributed by atoms with E-state index in [1.165, 1.54) is 5.56 Å². The fourth-order valence-corrected chi connectivity index (χ4v) is 1.58. The third kappa shape index (κ3) is 4.87. The predicted molar refractivity (Wildman–Crippen MR) is 67.5 cm³/mol. The van der Waals surface area contributed by atoms with Gasteiger partial charge in [0.1, 0.15) is 5.75 Å². The van der Waals surface area contributed by atoms with E-state index in [0.29, 0.717) is 13.0 Å². The number of nitrogens with one attached hydrogen (secondary N) is 1. The summed E-state index contributed by atoms with van der Waals surface area (Å²) >= 11 is 0. The summed E-state index contributed by atoms with van der Waals surface area (Å²) in [6, 6.07) is 8.02. The number of carbonyl (C=O) groups excluding carboxylic acids is 1. The maximum atomic E-state index is 10.9. The number of hydrazine groups is 1. The van der Waals surface area contributed by atoms with Crippen LogP contribution >= 0.6 is 0 Å². The average Bonchev–Trinajstić information content (AvgIpc) is 2.38. The molecule has 1 amide bonds. The quantitative estimate of drug-likeness (QED) is 0.328. The van der Waals surface area contributed by atoms with E-state index in [4.69, 9.17) is 10.6 Å². The van der Waals surface area contributed by atoms with E-state index in [-0.39, 0.29) is 5.91 Å². The molecule has 0 radical (unpaired) electrons. The number of hydrogen-bond acceptors (Lipinski definition) is 3. The van der Waals surface area contributed by atoms with Gasteiger partial charge in [0.15, 0.2) is 0 Å².